The second-order valence-corrected chi connectivity index (χ2v) is 2.61. The molecule has 2 heteroatoms. The van der Waals surface area contributed by atoms with E-state index in [4.69, 9.17) is 5.26 Å². The summed E-state index contributed by atoms with van der Waals surface area (Å²) in [7, 11) is 0. The number of allylic oxidation sites excluding steroid dienone is 2. The number of nitriles is 1. The number of nitrogens with zero attached hydrogens (tertiary/aromatic N) is 1. The van der Waals surface area contributed by atoms with Gasteiger partial charge < -0.3 is 0 Å². The maximum absolute atomic E-state index is 7.96. The lowest BCUT2D eigenvalue weighted by molar-refractivity contribution is 1.27. The van der Waals surface area contributed by atoms with Crippen LogP contribution in [0.3, 0.4) is 0 Å². The molecule has 0 fully saturated rings. The molecule has 0 heterocycles. The highest BCUT2D eigenvalue weighted by atomic mass is 79.9. The highest BCUT2D eigenvalue weighted by molar-refractivity contribution is 9.09. The van der Waals surface area contributed by atoms with Gasteiger partial charge in [0.1, 0.15) is 0 Å². The third-order valence-corrected chi connectivity index (χ3v) is 0.741. The summed E-state index contributed by atoms with van der Waals surface area (Å²) in [5.41, 5.74) is 0. The van der Waals surface area contributed by atoms with E-state index in [0.29, 0.717) is 4.83 Å². The molecule has 7 heavy (non-hydrogen) atoms. The fourth-order valence-electron chi connectivity index (χ4n) is 0.176. The van der Waals surface area contributed by atoms with Gasteiger partial charge >= 0.3 is 0 Å². The zero-order chi connectivity index (χ0) is 5.70. The van der Waals surface area contributed by atoms with Gasteiger partial charge in [-0.15, -0.1) is 0 Å². The minimum absolute atomic E-state index is 0.312. The topological polar surface area (TPSA) is 23.8 Å². The van der Waals surface area contributed by atoms with E-state index in [9.17, 15) is 0 Å². The molecule has 0 aromatic heterocycles. The van der Waals surface area contributed by atoms with E-state index in [1.165, 1.54) is 6.08 Å². The van der Waals surface area contributed by atoms with Crippen molar-refractivity contribution in [2.45, 2.75) is 11.8 Å². The Morgan fingerprint density at radius 2 is 2.43 bits per heavy atom. The van der Waals surface area contributed by atoms with Gasteiger partial charge in [-0.2, -0.15) is 5.26 Å². The van der Waals surface area contributed by atoms with Crippen molar-refractivity contribution in [2.24, 2.45) is 0 Å². The van der Waals surface area contributed by atoms with Gasteiger partial charge in [0.15, 0.2) is 0 Å². The van der Waals surface area contributed by atoms with Gasteiger partial charge in [-0.1, -0.05) is 22.0 Å². The van der Waals surface area contributed by atoms with Crippen molar-refractivity contribution in [3.63, 3.8) is 0 Å². The quantitative estimate of drug-likeness (QED) is 0.424. The van der Waals surface area contributed by atoms with Crippen LogP contribution in [-0.2, 0) is 0 Å². The molecule has 1 atom stereocenters. The molecule has 0 aliphatic carbocycles. The van der Waals surface area contributed by atoms with Crippen LogP contribution in [0.4, 0.5) is 0 Å². The third kappa shape index (κ3) is 5.71. The highest BCUT2D eigenvalue weighted by Gasteiger charge is 1.80. The monoisotopic (exact) mass is 159 g/mol. The maximum Gasteiger partial charge on any atom is 0.0909 e. The van der Waals surface area contributed by atoms with Crippen LogP contribution in [0, 0.1) is 11.3 Å². The summed E-state index contributed by atoms with van der Waals surface area (Å²) < 4.78 is 0. The van der Waals surface area contributed by atoms with Gasteiger partial charge in [-0.3, -0.25) is 0 Å². The van der Waals surface area contributed by atoms with Gasteiger partial charge in [0.25, 0.3) is 0 Å². The Labute approximate surface area is 51.8 Å². The Balaban J connectivity index is 3.31. The standard InChI is InChI=1S/C5H6BrN/c1-5(6)3-2-4-7/h2-3,5H,1H3/b3-2-. The molecule has 0 aliphatic rings. The summed E-state index contributed by atoms with van der Waals surface area (Å²) in [6.45, 7) is 1.95. The van der Waals surface area contributed by atoms with Gasteiger partial charge in [-0.25, -0.2) is 0 Å². The first-order valence-corrected chi connectivity index (χ1v) is 2.89. The zero-order valence-corrected chi connectivity index (χ0v) is 5.64. The lowest BCUT2D eigenvalue weighted by atomic mass is 10.4. The van der Waals surface area contributed by atoms with Crippen molar-refractivity contribution >= 4 is 15.9 Å². The fourth-order valence-corrected chi connectivity index (χ4v) is 0.328. The van der Waals surface area contributed by atoms with Gasteiger partial charge in [0, 0.05) is 10.9 Å². The summed E-state index contributed by atoms with van der Waals surface area (Å²) >= 11 is 3.24. The van der Waals surface area contributed by atoms with Crippen molar-refractivity contribution in [1.29, 1.82) is 5.26 Å². The van der Waals surface area contributed by atoms with Crippen LogP contribution in [0.1, 0.15) is 6.92 Å². The molecule has 0 amide bonds. The molecule has 0 aromatic rings. The summed E-state index contributed by atoms with van der Waals surface area (Å²) in [4.78, 5) is 0.312. The van der Waals surface area contributed by atoms with Crippen molar-refractivity contribution in [2.75, 3.05) is 0 Å². The summed E-state index contributed by atoms with van der Waals surface area (Å²) in [5, 5.41) is 7.96. The molecule has 0 bridgehead atoms. The second kappa shape index (κ2) is 3.89. The molecule has 0 N–H and O–H groups in total. The third-order valence-electron chi connectivity index (χ3n) is 0.436. The predicted octanol–water partition coefficient (Wildman–Crippen LogP) is 1.85. The number of rotatable bonds is 1. The fraction of sp³-hybridized carbons (Fsp3) is 0.400. The number of hydrogen-bond acceptors (Lipinski definition) is 1. The molecule has 1 unspecified atom stereocenters. The Morgan fingerprint density at radius 3 is 2.57 bits per heavy atom. The first-order valence-electron chi connectivity index (χ1n) is 1.97. The van der Waals surface area contributed by atoms with E-state index in [1.54, 1.807) is 6.08 Å². The summed E-state index contributed by atoms with van der Waals surface area (Å²) in [5.74, 6) is 0. The number of alkyl halides is 1. The Morgan fingerprint density at radius 1 is 1.86 bits per heavy atom. The van der Waals surface area contributed by atoms with E-state index >= 15 is 0 Å². The summed E-state index contributed by atoms with van der Waals surface area (Å²) in [6.07, 6.45) is 3.24. The van der Waals surface area contributed by atoms with E-state index in [2.05, 4.69) is 15.9 Å². The molecule has 0 saturated heterocycles. The zero-order valence-electron chi connectivity index (χ0n) is 4.06. The molecule has 0 rings (SSSR count). The van der Waals surface area contributed by atoms with Crippen LogP contribution in [0.15, 0.2) is 12.2 Å². The Kier molecular flexibility index (Phi) is 3.72. The van der Waals surface area contributed by atoms with Crippen molar-refractivity contribution in [3.05, 3.63) is 12.2 Å². The molecule has 0 aliphatic heterocycles. The summed E-state index contributed by atoms with van der Waals surface area (Å²) in [6, 6.07) is 1.89. The van der Waals surface area contributed by atoms with E-state index in [0.717, 1.165) is 0 Å². The number of halogens is 1. The van der Waals surface area contributed by atoms with Crippen LogP contribution in [-0.4, -0.2) is 4.83 Å². The average molecular weight is 160 g/mol. The van der Waals surface area contributed by atoms with Crippen molar-refractivity contribution in [3.8, 4) is 6.07 Å². The predicted molar refractivity (Wildman–Crippen MR) is 33.1 cm³/mol. The van der Waals surface area contributed by atoms with Gasteiger partial charge in [0.05, 0.1) is 6.07 Å². The van der Waals surface area contributed by atoms with Crippen LogP contribution < -0.4 is 0 Å². The van der Waals surface area contributed by atoms with Crippen LogP contribution >= 0.6 is 15.9 Å². The molecule has 0 saturated carbocycles. The van der Waals surface area contributed by atoms with Crippen molar-refractivity contribution < 1.29 is 0 Å². The first-order chi connectivity index (χ1) is 3.27. The molecular formula is C5H6BrN. The lowest BCUT2D eigenvalue weighted by Crippen LogP contribution is -1.76. The molecule has 0 aromatic carbocycles. The normalized spacial score (nSPS) is 13.9. The average Bonchev–Trinajstić information content (AvgIpc) is 1.61. The largest absolute Gasteiger partial charge is 0.193 e. The maximum atomic E-state index is 7.96. The van der Waals surface area contributed by atoms with Crippen LogP contribution in [0.5, 0.6) is 0 Å². The van der Waals surface area contributed by atoms with Gasteiger partial charge in [0.2, 0.25) is 0 Å². The number of hydrogen-bond donors (Lipinski definition) is 0. The van der Waals surface area contributed by atoms with Crippen LogP contribution in [0.25, 0.3) is 0 Å². The molecule has 0 spiro atoms. The van der Waals surface area contributed by atoms with E-state index in [-0.39, 0.29) is 0 Å². The van der Waals surface area contributed by atoms with Crippen LogP contribution in [0.2, 0.25) is 0 Å². The molecular weight excluding hydrogens is 154 g/mol. The van der Waals surface area contributed by atoms with Crippen molar-refractivity contribution in [1.82, 2.24) is 0 Å². The minimum Gasteiger partial charge on any atom is -0.193 e. The second-order valence-electron chi connectivity index (χ2n) is 1.17. The minimum atomic E-state index is 0.312. The first kappa shape index (κ1) is 6.71. The van der Waals surface area contributed by atoms with E-state index < -0.39 is 0 Å². The Hall–Kier alpha value is -0.290. The smallest absolute Gasteiger partial charge is 0.0909 e. The Bertz CT molecular complexity index is 99.1. The molecule has 0 radical (unpaired) electrons. The SMILES string of the molecule is CC(Br)/C=C\C#N. The van der Waals surface area contributed by atoms with Gasteiger partial charge in [-0.05, 0) is 6.92 Å². The molecule has 1 nitrogen and oxygen atoms in total. The lowest BCUT2D eigenvalue weighted by Gasteiger charge is -1.83. The molecule has 38 valence electrons. The highest BCUT2D eigenvalue weighted by Crippen LogP contribution is 1.96. The van der Waals surface area contributed by atoms with E-state index in [1.807, 2.05) is 13.0 Å².